The number of fused-ring (bicyclic) bond motifs is 4. The minimum absolute atomic E-state index is 0.299. The molecule has 0 aromatic heterocycles. The monoisotopic (exact) mass is 382 g/mol. The summed E-state index contributed by atoms with van der Waals surface area (Å²) in [6, 6.07) is 11.3. The first-order valence-corrected chi connectivity index (χ1v) is 8.88. The first-order valence-electron chi connectivity index (χ1n) is 8.44. The predicted molar refractivity (Wildman–Crippen MR) is 106 cm³/mol. The van der Waals surface area contributed by atoms with Crippen LogP contribution in [-0.2, 0) is 4.74 Å². The molecule has 3 aliphatic rings. The van der Waals surface area contributed by atoms with E-state index in [1.54, 1.807) is 6.26 Å². The Morgan fingerprint density at radius 3 is 2.56 bits per heavy atom. The second kappa shape index (κ2) is 7.12. The third-order valence-electron chi connectivity index (χ3n) is 4.50. The van der Waals surface area contributed by atoms with Gasteiger partial charge in [0.1, 0.15) is 23.8 Å². The van der Waals surface area contributed by atoms with Gasteiger partial charge in [0.2, 0.25) is 0 Å². The third kappa shape index (κ3) is 3.45. The second-order valence-corrected chi connectivity index (χ2v) is 6.90. The lowest BCUT2D eigenvalue weighted by Crippen LogP contribution is -2.43. The molecular weight excluding hydrogens is 366 g/mol. The zero-order valence-electron chi connectivity index (χ0n) is 14.3. The number of ether oxygens (including phenoxy) is 1. The van der Waals surface area contributed by atoms with E-state index in [1.165, 1.54) is 11.1 Å². The van der Waals surface area contributed by atoms with Crippen LogP contribution in [0.5, 0.6) is 0 Å². The van der Waals surface area contributed by atoms with Crippen molar-refractivity contribution >= 4 is 35.8 Å². The van der Waals surface area contributed by atoms with E-state index in [2.05, 4.69) is 29.8 Å². The Morgan fingerprint density at radius 1 is 1.07 bits per heavy atom. The summed E-state index contributed by atoms with van der Waals surface area (Å²) in [6.07, 6.45) is 8.57. The molecule has 0 fully saturated rings. The average molecular weight is 382 g/mol. The summed E-state index contributed by atoms with van der Waals surface area (Å²) < 4.78 is 29.7. The van der Waals surface area contributed by atoms with Gasteiger partial charge in [0, 0.05) is 34.7 Å². The fourth-order valence-corrected chi connectivity index (χ4v) is 3.54. The fraction of sp³-hybridized carbons (Fsp3) is 0.143. The quantitative estimate of drug-likeness (QED) is 0.627. The van der Waals surface area contributed by atoms with Gasteiger partial charge in [-0.3, -0.25) is 4.99 Å². The van der Waals surface area contributed by atoms with Crippen LogP contribution in [-0.4, -0.2) is 24.1 Å². The van der Waals surface area contributed by atoms with Gasteiger partial charge in [-0.2, -0.15) is 0 Å². The van der Waals surface area contributed by atoms with Gasteiger partial charge < -0.3 is 4.74 Å². The summed E-state index contributed by atoms with van der Waals surface area (Å²) in [5.74, 6) is -1.19. The minimum atomic E-state index is -0.597. The maximum atomic E-state index is 12.1. The van der Waals surface area contributed by atoms with Gasteiger partial charge in [-0.25, -0.2) is 13.8 Å². The van der Waals surface area contributed by atoms with Crippen molar-refractivity contribution in [1.29, 1.82) is 0 Å². The Labute approximate surface area is 161 Å². The van der Waals surface area contributed by atoms with Crippen molar-refractivity contribution in [2.24, 2.45) is 9.98 Å². The van der Waals surface area contributed by atoms with Gasteiger partial charge >= 0.3 is 0 Å². The first-order chi connectivity index (χ1) is 13.1. The summed E-state index contributed by atoms with van der Waals surface area (Å²) >= 11 is 3.74. The molecule has 1 unspecified atom stereocenters. The van der Waals surface area contributed by atoms with Crippen LogP contribution < -0.4 is 0 Å². The molecule has 2 aromatic rings. The number of nitrogens with zero attached hydrogens (tertiary/aromatic N) is 2. The van der Waals surface area contributed by atoms with Crippen LogP contribution in [0.4, 0.5) is 14.5 Å². The zero-order valence-corrected chi connectivity index (χ0v) is 15.2. The van der Waals surface area contributed by atoms with Crippen molar-refractivity contribution in [3.8, 4) is 0 Å². The molecule has 6 heteroatoms. The molecule has 1 atom stereocenters. The van der Waals surface area contributed by atoms with Crippen LogP contribution in [0.25, 0.3) is 5.57 Å². The molecule has 0 N–H and O–H groups in total. The number of hydrogen-bond acceptors (Lipinski definition) is 4. The van der Waals surface area contributed by atoms with Crippen molar-refractivity contribution in [2.45, 2.75) is 16.9 Å². The highest BCUT2D eigenvalue weighted by Crippen LogP contribution is 2.42. The summed E-state index contributed by atoms with van der Waals surface area (Å²) in [7, 11) is 0. The number of allylic oxidation sites excluding steroid dienone is 1. The molecule has 0 amide bonds. The number of halogens is 2. The number of hydrogen-bond donors (Lipinski definition) is 1. The first kappa shape index (κ1) is 17.7. The molecule has 3 heterocycles. The highest BCUT2D eigenvalue weighted by Gasteiger charge is 2.42. The van der Waals surface area contributed by atoms with Crippen LogP contribution in [0.15, 0.2) is 75.8 Å². The summed E-state index contributed by atoms with van der Waals surface area (Å²) in [5.41, 5.74) is 4.17. The lowest BCUT2D eigenvalue weighted by molar-refractivity contribution is 0.189. The van der Waals surface area contributed by atoms with Crippen molar-refractivity contribution in [3.05, 3.63) is 78.1 Å². The number of aliphatic imine (C=N–C) groups is 2. The number of dihydropyridines is 1. The normalized spacial score (nSPS) is 21.4. The Kier molecular flexibility index (Phi) is 4.66. The average Bonchev–Trinajstić information content (AvgIpc) is 3.03. The van der Waals surface area contributed by atoms with Gasteiger partial charge in [0.05, 0.1) is 17.7 Å². The van der Waals surface area contributed by atoms with Crippen molar-refractivity contribution in [3.63, 3.8) is 0 Å². The SMILES string of the molecule is C1=COCC2(C1)N=CC=C1C2=Nc2ccccc21.Fc1cc(F)cc(S)c1. The van der Waals surface area contributed by atoms with E-state index in [0.717, 1.165) is 36.0 Å². The molecule has 136 valence electrons. The minimum Gasteiger partial charge on any atom is -0.499 e. The maximum absolute atomic E-state index is 12.1. The lowest BCUT2D eigenvalue weighted by Gasteiger charge is -2.33. The van der Waals surface area contributed by atoms with E-state index in [-0.39, 0.29) is 5.54 Å². The lowest BCUT2D eigenvalue weighted by atomic mass is 9.83. The van der Waals surface area contributed by atoms with E-state index in [9.17, 15) is 8.78 Å². The molecule has 3 aliphatic heterocycles. The topological polar surface area (TPSA) is 34.0 Å². The molecule has 2 aromatic carbocycles. The molecule has 0 saturated heterocycles. The zero-order chi connectivity index (χ0) is 18.9. The largest absolute Gasteiger partial charge is 0.499 e. The summed E-state index contributed by atoms with van der Waals surface area (Å²) in [6.45, 7) is 0.574. The molecular formula is C21H16F2N2OS. The van der Waals surface area contributed by atoms with Crippen LogP contribution in [0.2, 0.25) is 0 Å². The van der Waals surface area contributed by atoms with Crippen molar-refractivity contribution in [1.82, 2.24) is 0 Å². The van der Waals surface area contributed by atoms with Crippen molar-refractivity contribution < 1.29 is 13.5 Å². The van der Waals surface area contributed by atoms with Crippen LogP contribution in [0.1, 0.15) is 12.0 Å². The molecule has 0 aliphatic carbocycles. The molecule has 0 saturated carbocycles. The van der Waals surface area contributed by atoms with Gasteiger partial charge in [-0.05, 0) is 30.4 Å². The number of para-hydroxylation sites is 1. The van der Waals surface area contributed by atoms with Crippen LogP contribution in [0.3, 0.4) is 0 Å². The Bertz CT molecular complexity index is 963. The van der Waals surface area contributed by atoms with E-state index in [1.807, 2.05) is 30.5 Å². The highest BCUT2D eigenvalue weighted by atomic mass is 32.1. The van der Waals surface area contributed by atoms with Crippen LogP contribution >= 0.6 is 12.6 Å². The van der Waals surface area contributed by atoms with E-state index in [0.29, 0.717) is 11.5 Å². The summed E-state index contributed by atoms with van der Waals surface area (Å²) in [5, 5.41) is 0. The second-order valence-electron chi connectivity index (χ2n) is 6.38. The summed E-state index contributed by atoms with van der Waals surface area (Å²) in [4.78, 5) is 9.71. The molecule has 3 nitrogen and oxygen atoms in total. The third-order valence-corrected chi connectivity index (χ3v) is 4.76. The Hall–Kier alpha value is -2.73. The van der Waals surface area contributed by atoms with E-state index in [4.69, 9.17) is 9.73 Å². The molecule has 5 rings (SSSR count). The number of benzene rings is 2. The fourth-order valence-electron chi connectivity index (χ4n) is 3.30. The van der Waals surface area contributed by atoms with E-state index >= 15 is 0 Å². The van der Waals surface area contributed by atoms with Gasteiger partial charge in [-0.1, -0.05) is 18.2 Å². The number of rotatable bonds is 0. The molecule has 0 bridgehead atoms. The van der Waals surface area contributed by atoms with Gasteiger partial charge in [-0.15, -0.1) is 12.6 Å². The predicted octanol–water partition coefficient (Wildman–Crippen LogP) is 5.17. The maximum Gasteiger partial charge on any atom is 0.140 e. The van der Waals surface area contributed by atoms with Crippen LogP contribution in [0, 0.1) is 11.6 Å². The van der Waals surface area contributed by atoms with E-state index < -0.39 is 11.6 Å². The highest BCUT2D eigenvalue weighted by molar-refractivity contribution is 7.80. The molecule has 27 heavy (non-hydrogen) atoms. The van der Waals surface area contributed by atoms with Crippen molar-refractivity contribution in [2.75, 3.05) is 6.61 Å². The molecule has 1 spiro atoms. The Morgan fingerprint density at radius 2 is 1.85 bits per heavy atom. The van der Waals surface area contributed by atoms with Gasteiger partial charge in [0.25, 0.3) is 0 Å². The van der Waals surface area contributed by atoms with Gasteiger partial charge in [0.15, 0.2) is 0 Å². The Balaban J connectivity index is 0.000000170. The standard InChI is InChI=1S/C15H12N2O.C6H4F2S/c1-2-5-13-11(4-1)12-6-8-16-15(14(12)17-13)7-3-9-18-10-15;7-4-1-5(8)3-6(9)2-4/h1-6,8-9H,7,10H2;1-3,9H. The smallest absolute Gasteiger partial charge is 0.140 e. The number of thiol groups is 1. The molecule has 0 radical (unpaired) electrons.